The van der Waals surface area contributed by atoms with Gasteiger partial charge in [-0.3, -0.25) is 0 Å². The zero-order valence-electron chi connectivity index (χ0n) is 12.2. The van der Waals surface area contributed by atoms with E-state index in [1.54, 1.807) is 0 Å². The molecule has 2 aromatic carbocycles. The van der Waals surface area contributed by atoms with Crippen molar-refractivity contribution in [3.05, 3.63) is 47.5 Å². The second-order valence-electron chi connectivity index (χ2n) is 5.19. The van der Waals surface area contributed by atoms with Crippen molar-refractivity contribution in [2.24, 2.45) is 0 Å². The number of nitrogens with one attached hydrogen (secondary N) is 1. The molecule has 0 atom stereocenters. The van der Waals surface area contributed by atoms with Crippen LogP contribution in [0.4, 0.5) is 11.4 Å². The molecule has 4 nitrogen and oxygen atoms in total. The van der Waals surface area contributed by atoms with Gasteiger partial charge in [-0.2, -0.15) is 0 Å². The Bertz CT molecular complexity index is 620. The molecule has 0 amide bonds. The highest BCUT2D eigenvalue weighted by molar-refractivity contribution is 5.69. The Morgan fingerprint density at radius 3 is 2.71 bits per heavy atom. The maximum Gasteiger partial charge on any atom is 0.161 e. The summed E-state index contributed by atoms with van der Waals surface area (Å²) in [6.07, 6.45) is 0.907. The molecular weight excluding hydrogens is 264 g/mol. The lowest BCUT2D eigenvalue weighted by Gasteiger charge is -2.19. The predicted molar refractivity (Wildman–Crippen MR) is 85.2 cm³/mol. The van der Waals surface area contributed by atoms with Gasteiger partial charge < -0.3 is 20.5 Å². The highest BCUT2D eigenvalue weighted by Crippen LogP contribution is 2.31. The SMILES string of the molecule is Cc1cccc(N)c1NCCc1ccc2c(c1)OCCO2. The lowest BCUT2D eigenvalue weighted by molar-refractivity contribution is 0.171. The molecule has 0 aromatic heterocycles. The third-order valence-electron chi connectivity index (χ3n) is 3.63. The molecule has 0 radical (unpaired) electrons. The maximum atomic E-state index is 5.99. The number of rotatable bonds is 4. The molecule has 0 spiro atoms. The Morgan fingerprint density at radius 1 is 1.10 bits per heavy atom. The molecule has 21 heavy (non-hydrogen) atoms. The number of benzene rings is 2. The van der Waals surface area contributed by atoms with E-state index in [-0.39, 0.29) is 0 Å². The van der Waals surface area contributed by atoms with Gasteiger partial charge in [-0.25, -0.2) is 0 Å². The van der Waals surface area contributed by atoms with Crippen molar-refractivity contribution in [1.29, 1.82) is 0 Å². The molecule has 3 N–H and O–H groups in total. The van der Waals surface area contributed by atoms with Gasteiger partial charge in [0.2, 0.25) is 0 Å². The minimum absolute atomic E-state index is 0.619. The first-order chi connectivity index (χ1) is 10.2. The van der Waals surface area contributed by atoms with Gasteiger partial charge >= 0.3 is 0 Å². The van der Waals surface area contributed by atoms with Crippen LogP contribution in [0.5, 0.6) is 11.5 Å². The minimum Gasteiger partial charge on any atom is -0.486 e. The van der Waals surface area contributed by atoms with Crippen LogP contribution in [0.3, 0.4) is 0 Å². The third-order valence-corrected chi connectivity index (χ3v) is 3.63. The molecule has 0 aliphatic carbocycles. The fourth-order valence-electron chi connectivity index (χ4n) is 2.51. The standard InChI is InChI=1S/C17H20N2O2/c1-12-3-2-4-14(18)17(12)19-8-7-13-5-6-15-16(11-13)21-10-9-20-15/h2-6,11,19H,7-10,18H2,1H3. The number of nitrogens with two attached hydrogens (primary N) is 1. The van der Waals surface area contributed by atoms with Crippen LogP contribution < -0.4 is 20.5 Å². The number of aryl methyl sites for hydroxylation is 1. The number of nitrogen functional groups attached to an aromatic ring is 1. The molecule has 110 valence electrons. The van der Waals surface area contributed by atoms with Crippen molar-refractivity contribution >= 4 is 11.4 Å². The van der Waals surface area contributed by atoms with E-state index in [9.17, 15) is 0 Å². The van der Waals surface area contributed by atoms with Crippen LogP contribution in [-0.4, -0.2) is 19.8 Å². The van der Waals surface area contributed by atoms with E-state index in [2.05, 4.69) is 30.4 Å². The lowest BCUT2D eigenvalue weighted by Crippen LogP contribution is -2.15. The summed E-state index contributed by atoms with van der Waals surface area (Å²) in [7, 11) is 0. The molecule has 0 unspecified atom stereocenters. The average molecular weight is 284 g/mol. The molecule has 1 aliphatic heterocycles. The van der Waals surface area contributed by atoms with E-state index in [1.807, 2.05) is 18.2 Å². The van der Waals surface area contributed by atoms with Crippen LogP contribution in [0, 0.1) is 6.92 Å². The van der Waals surface area contributed by atoms with Crippen LogP contribution in [0.2, 0.25) is 0 Å². The summed E-state index contributed by atoms with van der Waals surface area (Å²) in [5.41, 5.74) is 10.2. The van der Waals surface area contributed by atoms with Gasteiger partial charge in [-0.1, -0.05) is 18.2 Å². The molecule has 0 bridgehead atoms. The summed E-state index contributed by atoms with van der Waals surface area (Å²) in [4.78, 5) is 0. The van der Waals surface area contributed by atoms with Gasteiger partial charge in [0.15, 0.2) is 11.5 Å². The van der Waals surface area contributed by atoms with Crippen LogP contribution in [0.15, 0.2) is 36.4 Å². The fourth-order valence-corrected chi connectivity index (χ4v) is 2.51. The van der Waals surface area contributed by atoms with Crippen LogP contribution in [0.1, 0.15) is 11.1 Å². The number of fused-ring (bicyclic) bond motifs is 1. The smallest absolute Gasteiger partial charge is 0.161 e. The predicted octanol–water partition coefficient (Wildman–Crippen LogP) is 3.00. The van der Waals surface area contributed by atoms with Crippen molar-refractivity contribution in [2.75, 3.05) is 30.8 Å². The summed E-state index contributed by atoms with van der Waals surface area (Å²) in [6, 6.07) is 12.1. The molecule has 1 aliphatic rings. The van der Waals surface area contributed by atoms with Gasteiger partial charge in [-0.05, 0) is 42.7 Å². The number of hydrogen-bond acceptors (Lipinski definition) is 4. The largest absolute Gasteiger partial charge is 0.486 e. The summed E-state index contributed by atoms with van der Waals surface area (Å²) < 4.78 is 11.1. The quantitative estimate of drug-likeness (QED) is 0.847. The zero-order chi connectivity index (χ0) is 14.7. The van der Waals surface area contributed by atoms with E-state index < -0.39 is 0 Å². The van der Waals surface area contributed by atoms with Crippen molar-refractivity contribution < 1.29 is 9.47 Å². The molecule has 2 aromatic rings. The first-order valence-corrected chi connectivity index (χ1v) is 7.21. The Kier molecular flexibility index (Phi) is 3.86. The fraction of sp³-hybridized carbons (Fsp3) is 0.294. The topological polar surface area (TPSA) is 56.5 Å². The highest BCUT2D eigenvalue weighted by atomic mass is 16.6. The summed E-state index contributed by atoms with van der Waals surface area (Å²) in [5.74, 6) is 1.68. The average Bonchev–Trinajstić information content (AvgIpc) is 2.50. The first-order valence-electron chi connectivity index (χ1n) is 7.21. The zero-order valence-corrected chi connectivity index (χ0v) is 12.2. The molecule has 0 saturated carbocycles. The molecule has 1 heterocycles. The summed E-state index contributed by atoms with van der Waals surface area (Å²) in [6.45, 7) is 4.13. The normalized spacial score (nSPS) is 13.0. The second-order valence-corrected chi connectivity index (χ2v) is 5.19. The van der Waals surface area contributed by atoms with Crippen molar-refractivity contribution in [3.63, 3.8) is 0 Å². The highest BCUT2D eigenvalue weighted by Gasteiger charge is 2.11. The number of ether oxygens (including phenoxy) is 2. The lowest BCUT2D eigenvalue weighted by atomic mass is 10.1. The van der Waals surface area contributed by atoms with Gasteiger partial charge in [0.05, 0.1) is 11.4 Å². The number of para-hydroxylation sites is 1. The van der Waals surface area contributed by atoms with Crippen molar-refractivity contribution in [3.8, 4) is 11.5 Å². The molecular formula is C17H20N2O2. The molecule has 4 heteroatoms. The number of hydrogen-bond donors (Lipinski definition) is 2. The molecule has 0 fully saturated rings. The van der Waals surface area contributed by atoms with E-state index in [0.29, 0.717) is 13.2 Å². The first kappa shape index (κ1) is 13.6. The van der Waals surface area contributed by atoms with Crippen LogP contribution in [0.25, 0.3) is 0 Å². The number of anilines is 2. The van der Waals surface area contributed by atoms with Gasteiger partial charge in [-0.15, -0.1) is 0 Å². The molecule has 0 saturated heterocycles. The van der Waals surface area contributed by atoms with Gasteiger partial charge in [0.1, 0.15) is 13.2 Å². The van der Waals surface area contributed by atoms with Crippen molar-refractivity contribution in [2.45, 2.75) is 13.3 Å². The minimum atomic E-state index is 0.619. The summed E-state index contributed by atoms with van der Waals surface area (Å²) >= 11 is 0. The Balaban J connectivity index is 1.63. The maximum absolute atomic E-state index is 5.99. The van der Waals surface area contributed by atoms with Gasteiger partial charge in [0, 0.05) is 6.54 Å². The van der Waals surface area contributed by atoms with Crippen molar-refractivity contribution in [1.82, 2.24) is 0 Å². The third kappa shape index (κ3) is 3.05. The van der Waals surface area contributed by atoms with E-state index in [4.69, 9.17) is 15.2 Å². The monoisotopic (exact) mass is 284 g/mol. The van der Waals surface area contributed by atoms with Gasteiger partial charge in [0.25, 0.3) is 0 Å². The Hall–Kier alpha value is -2.36. The van der Waals surface area contributed by atoms with Crippen LogP contribution in [-0.2, 0) is 6.42 Å². The second kappa shape index (κ2) is 5.95. The molecule has 3 rings (SSSR count). The van der Waals surface area contributed by atoms with Crippen LogP contribution >= 0.6 is 0 Å². The Labute approximate surface area is 124 Å². The van der Waals surface area contributed by atoms with E-state index >= 15 is 0 Å². The Morgan fingerprint density at radius 2 is 1.90 bits per heavy atom. The van der Waals surface area contributed by atoms with E-state index in [0.717, 1.165) is 41.4 Å². The summed E-state index contributed by atoms with van der Waals surface area (Å²) in [5, 5.41) is 3.41. The van der Waals surface area contributed by atoms with E-state index in [1.165, 1.54) is 5.56 Å².